The summed E-state index contributed by atoms with van der Waals surface area (Å²) in [7, 11) is 0. The van der Waals surface area contributed by atoms with Crippen LogP contribution in [0.1, 0.15) is 12.8 Å². The van der Waals surface area contributed by atoms with Crippen molar-refractivity contribution in [3.63, 3.8) is 0 Å². The molecular weight excluding hydrogens is 171 g/mol. The molecule has 0 saturated heterocycles. The summed E-state index contributed by atoms with van der Waals surface area (Å²) in [6.07, 6.45) is -3.42. The van der Waals surface area contributed by atoms with Crippen LogP contribution in [0.2, 0.25) is 0 Å². The van der Waals surface area contributed by atoms with Crippen molar-refractivity contribution in [2.45, 2.75) is 19.0 Å². The van der Waals surface area contributed by atoms with Gasteiger partial charge >= 0.3 is 6.18 Å². The van der Waals surface area contributed by atoms with Crippen molar-refractivity contribution in [2.24, 2.45) is 17.0 Å². The van der Waals surface area contributed by atoms with Crippen molar-refractivity contribution >= 4 is 0 Å². The molecule has 0 aromatic carbocycles. The monoisotopic (exact) mass is 179 g/mol. The Hall–Kier alpha value is -0.900. The highest BCUT2D eigenvalue weighted by Crippen LogP contribution is 2.45. The zero-order chi connectivity index (χ0) is 9.19. The van der Waals surface area contributed by atoms with Crippen molar-refractivity contribution in [2.75, 3.05) is 6.54 Å². The quantitative estimate of drug-likeness (QED) is 0.355. The lowest BCUT2D eigenvalue weighted by atomic mass is 9.73. The molecule has 0 aliphatic heterocycles. The Morgan fingerprint density at radius 3 is 2.42 bits per heavy atom. The molecule has 0 aromatic heterocycles. The normalized spacial score (nSPS) is 28.9. The maximum atomic E-state index is 12.0. The van der Waals surface area contributed by atoms with E-state index in [1.165, 1.54) is 0 Å². The van der Waals surface area contributed by atoms with Gasteiger partial charge in [-0.2, -0.15) is 13.2 Å². The molecule has 0 radical (unpaired) electrons. The fourth-order valence-electron chi connectivity index (χ4n) is 1.36. The molecule has 1 rings (SSSR count). The van der Waals surface area contributed by atoms with E-state index in [1.807, 2.05) is 0 Å². The van der Waals surface area contributed by atoms with Crippen LogP contribution in [0.15, 0.2) is 5.11 Å². The van der Waals surface area contributed by atoms with Crippen molar-refractivity contribution in [3.05, 3.63) is 10.4 Å². The second kappa shape index (κ2) is 3.23. The van der Waals surface area contributed by atoms with Crippen LogP contribution in [0, 0.1) is 11.8 Å². The predicted molar refractivity (Wildman–Crippen MR) is 36.3 cm³/mol. The van der Waals surface area contributed by atoms with E-state index >= 15 is 0 Å². The minimum atomic E-state index is -4.12. The first-order chi connectivity index (χ1) is 5.55. The van der Waals surface area contributed by atoms with Crippen LogP contribution in [0.3, 0.4) is 0 Å². The highest BCUT2D eigenvalue weighted by molar-refractivity contribution is 4.86. The van der Waals surface area contributed by atoms with E-state index in [0.717, 1.165) is 0 Å². The standard InChI is InChI=1S/C6H8F3N3/c7-6(8,9)5-2-1-4(5)3-11-12-10/h4-5H,1-3H2. The molecular formula is C6H8F3N3. The average molecular weight is 179 g/mol. The lowest BCUT2D eigenvalue weighted by Gasteiger charge is -2.36. The van der Waals surface area contributed by atoms with Crippen molar-refractivity contribution in [1.29, 1.82) is 0 Å². The van der Waals surface area contributed by atoms with Gasteiger partial charge in [-0.3, -0.25) is 0 Å². The van der Waals surface area contributed by atoms with E-state index in [9.17, 15) is 13.2 Å². The second-order valence-electron chi connectivity index (χ2n) is 2.90. The van der Waals surface area contributed by atoms with Gasteiger partial charge < -0.3 is 0 Å². The Morgan fingerprint density at radius 1 is 1.42 bits per heavy atom. The highest BCUT2D eigenvalue weighted by atomic mass is 19.4. The van der Waals surface area contributed by atoms with Gasteiger partial charge in [0.15, 0.2) is 0 Å². The molecule has 0 bridgehead atoms. The minimum absolute atomic E-state index is 0.0271. The summed E-state index contributed by atoms with van der Waals surface area (Å²) in [5.74, 6) is -1.73. The number of nitrogens with zero attached hydrogens (tertiary/aromatic N) is 3. The first kappa shape index (κ1) is 9.19. The zero-order valence-corrected chi connectivity index (χ0v) is 6.25. The Morgan fingerprint density at radius 2 is 2.08 bits per heavy atom. The van der Waals surface area contributed by atoms with Gasteiger partial charge in [0.25, 0.3) is 0 Å². The topological polar surface area (TPSA) is 48.8 Å². The average Bonchev–Trinajstić information content (AvgIpc) is 1.82. The van der Waals surface area contributed by atoms with E-state index in [4.69, 9.17) is 5.53 Å². The summed E-state index contributed by atoms with van der Waals surface area (Å²) in [6, 6.07) is 0. The summed E-state index contributed by atoms with van der Waals surface area (Å²) in [4.78, 5) is 2.43. The molecule has 3 nitrogen and oxygen atoms in total. The summed E-state index contributed by atoms with van der Waals surface area (Å²) in [5, 5.41) is 3.14. The van der Waals surface area contributed by atoms with E-state index in [2.05, 4.69) is 10.0 Å². The first-order valence-corrected chi connectivity index (χ1v) is 3.63. The molecule has 0 aromatic rings. The zero-order valence-electron chi connectivity index (χ0n) is 6.25. The SMILES string of the molecule is [N-]=[N+]=NCC1CCC1C(F)(F)F. The predicted octanol–water partition coefficient (Wildman–Crippen LogP) is 2.89. The van der Waals surface area contributed by atoms with Crippen molar-refractivity contribution in [1.82, 2.24) is 0 Å². The lowest BCUT2D eigenvalue weighted by Crippen LogP contribution is -2.39. The molecule has 0 spiro atoms. The van der Waals surface area contributed by atoms with Crippen molar-refractivity contribution < 1.29 is 13.2 Å². The smallest absolute Gasteiger partial charge is 0.171 e. The van der Waals surface area contributed by atoms with Gasteiger partial charge in [-0.1, -0.05) is 5.11 Å². The van der Waals surface area contributed by atoms with Gasteiger partial charge in [0.05, 0.1) is 5.92 Å². The Balaban J connectivity index is 2.44. The third-order valence-electron chi connectivity index (χ3n) is 2.22. The van der Waals surface area contributed by atoms with Crippen LogP contribution in [0.4, 0.5) is 13.2 Å². The highest BCUT2D eigenvalue weighted by Gasteiger charge is 2.49. The van der Waals surface area contributed by atoms with Crippen LogP contribution >= 0.6 is 0 Å². The molecule has 1 aliphatic rings. The Labute approximate surface area is 67.2 Å². The summed E-state index contributed by atoms with van der Waals surface area (Å²) in [5.41, 5.74) is 7.90. The van der Waals surface area contributed by atoms with Gasteiger partial charge in [0.1, 0.15) is 0 Å². The molecule has 68 valence electrons. The van der Waals surface area contributed by atoms with Crippen molar-refractivity contribution in [3.8, 4) is 0 Å². The van der Waals surface area contributed by atoms with Crippen LogP contribution in [-0.2, 0) is 0 Å². The lowest BCUT2D eigenvalue weighted by molar-refractivity contribution is -0.211. The summed E-state index contributed by atoms with van der Waals surface area (Å²) in [6.45, 7) is -0.0271. The number of alkyl halides is 3. The molecule has 2 unspecified atom stereocenters. The van der Waals surface area contributed by atoms with E-state index in [1.54, 1.807) is 0 Å². The molecule has 1 saturated carbocycles. The van der Waals surface area contributed by atoms with Crippen LogP contribution in [0.5, 0.6) is 0 Å². The molecule has 12 heavy (non-hydrogen) atoms. The largest absolute Gasteiger partial charge is 0.392 e. The molecule has 0 N–H and O–H groups in total. The molecule has 1 aliphatic carbocycles. The fraction of sp³-hybridized carbons (Fsp3) is 1.00. The van der Waals surface area contributed by atoms with Gasteiger partial charge in [0, 0.05) is 11.5 Å². The molecule has 6 heteroatoms. The second-order valence-corrected chi connectivity index (χ2v) is 2.90. The molecule has 0 amide bonds. The summed E-state index contributed by atoms with van der Waals surface area (Å²) < 4.78 is 36.1. The maximum absolute atomic E-state index is 12.0. The Bertz CT molecular complexity index is 207. The van der Waals surface area contributed by atoms with Crippen LogP contribution in [0.25, 0.3) is 10.4 Å². The number of hydrogen-bond acceptors (Lipinski definition) is 1. The first-order valence-electron chi connectivity index (χ1n) is 3.63. The van der Waals surface area contributed by atoms with E-state index in [0.29, 0.717) is 6.42 Å². The maximum Gasteiger partial charge on any atom is 0.392 e. The van der Waals surface area contributed by atoms with E-state index < -0.39 is 18.0 Å². The van der Waals surface area contributed by atoms with Crippen LogP contribution < -0.4 is 0 Å². The fourth-order valence-corrected chi connectivity index (χ4v) is 1.36. The van der Waals surface area contributed by atoms with Gasteiger partial charge in [-0.15, -0.1) is 0 Å². The number of halogens is 3. The van der Waals surface area contributed by atoms with Gasteiger partial charge in [-0.05, 0) is 24.3 Å². The number of hydrogen-bond donors (Lipinski definition) is 0. The summed E-state index contributed by atoms with van der Waals surface area (Å²) >= 11 is 0. The van der Waals surface area contributed by atoms with Gasteiger partial charge in [0.2, 0.25) is 0 Å². The minimum Gasteiger partial charge on any atom is -0.171 e. The molecule has 1 fully saturated rings. The Kier molecular flexibility index (Phi) is 2.47. The third kappa shape index (κ3) is 1.82. The van der Waals surface area contributed by atoms with E-state index in [-0.39, 0.29) is 13.0 Å². The molecule has 2 atom stereocenters. The molecule has 0 heterocycles. The van der Waals surface area contributed by atoms with Gasteiger partial charge in [-0.25, -0.2) is 0 Å². The third-order valence-corrected chi connectivity index (χ3v) is 2.22. The van der Waals surface area contributed by atoms with Crippen LogP contribution in [-0.4, -0.2) is 12.7 Å². The number of azide groups is 1. The number of rotatable bonds is 2.